The highest BCUT2D eigenvalue weighted by Crippen LogP contribution is 2.23. The topological polar surface area (TPSA) is 47.3 Å². The summed E-state index contributed by atoms with van der Waals surface area (Å²) in [7, 11) is 1.88. The number of aliphatic hydroxyl groups is 1. The van der Waals surface area contributed by atoms with Gasteiger partial charge in [0.05, 0.1) is 24.5 Å². The summed E-state index contributed by atoms with van der Waals surface area (Å²) >= 11 is 0. The van der Waals surface area contributed by atoms with Crippen molar-refractivity contribution in [2.24, 2.45) is 7.05 Å². The van der Waals surface area contributed by atoms with Gasteiger partial charge in [-0.25, -0.2) is 0 Å². The lowest BCUT2D eigenvalue weighted by molar-refractivity contribution is -0.0278. The maximum Gasteiger partial charge on any atom is 0.0843 e. The summed E-state index contributed by atoms with van der Waals surface area (Å²) in [5.74, 6) is 0. The first kappa shape index (κ1) is 10.6. The molecule has 1 N–H and O–H groups in total. The maximum absolute atomic E-state index is 9.97. The minimum Gasteiger partial charge on any atom is -0.390 e. The molecule has 1 aromatic rings. The van der Waals surface area contributed by atoms with Crippen LogP contribution in [0, 0.1) is 0 Å². The summed E-state index contributed by atoms with van der Waals surface area (Å²) in [6, 6.07) is 0. The SMILES string of the molecule is CC1CCC(C(O)Cc2cnn(C)c2)O1. The fourth-order valence-electron chi connectivity index (χ4n) is 2.07. The predicted molar refractivity (Wildman–Crippen MR) is 56.5 cm³/mol. The number of aryl methyl sites for hydroxylation is 1. The van der Waals surface area contributed by atoms with Crippen LogP contribution in [0.5, 0.6) is 0 Å². The molecule has 3 unspecified atom stereocenters. The molecule has 4 heteroatoms. The Labute approximate surface area is 89.9 Å². The molecular formula is C11H18N2O2. The molecule has 1 aliphatic heterocycles. The standard InChI is InChI=1S/C11H18N2O2/c1-8-3-4-11(15-8)10(14)5-9-6-12-13(2)7-9/h6-8,10-11,14H,3-5H2,1-2H3. The van der Waals surface area contributed by atoms with Crippen molar-refractivity contribution in [3.8, 4) is 0 Å². The Morgan fingerprint density at radius 3 is 3.00 bits per heavy atom. The first-order valence-electron chi connectivity index (χ1n) is 5.46. The molecule has 1 aromatic heterocycles. The molecule has 2 heterocycles. The molecule has 3 atom stereocenters. The van der Waals surface area contributed by atoms with Gasteiger partial charge in [-0.05, 0) is 25.3 Å². The van der Waals surface area contributed by atoms with Crippen molar-refractivity contribution in [3.05, 3.63) is 18.0 Å². The number of hydrogen-bond donors (Lipinski definition) is 1. The van der Waals surface area contributed by atoms with Crippen LogP contribution in [0.2, 0.25) is 0 Å². The van der Waals surface area contributed by atoms with E-state index >= 15 is 0 Å². The fraction of sp³-hybridized carbons (Fsp3) is 0.727. The minimum atomic E-state index is -0.404. The van der Waals surface area contributed by atoms with Gasteiger partial charge in [0.1, 0.15) is 0 Å². The molecule has 0 radical (unpaired) electrons. The lowest BCUT2D eigenvalue weighted by Gasteiger charge is -2.17. The lowest BCUT2D eigenvalue weighted by atomic mass is 10.0. The van der Waals surface area contributed by atoms with Crippen molar-refractivity contribution >= 4 is 0 Å². The van der Waals surface area contributed by atoms with E-state index in [0.717, 1.165) is 18.4 Å². The Morgan fingerprint density at radius 1 is 1.67 bits per heavy atom. The van der Waals surface area contributed by atoms with Gasteiger partial charge in [-0.2, -0.15) is 5.10 Å². The van der Waals surface area contributed by atoms with Gasteiger partial charge in [-0.15, -0.1) is 0 Å². The summed E-state index contributed by atoms with van der Waals surface area (Å²) in [4.78, 5) is 0. The average molecular weight is 210 g/mol. The Morgan fingerprint density at radius 2 is 2.47 bits per heavy atom. The molecular weight excluding hydrogens is 192 g/mol. The normalized spacial score (nSPS) is 28.2. The molecule has 0 aliphatic carbocycles. The zero-order valence-corrected chi connectivity index (χ0v) is 9.26. The van der Waals surface area contributed by atoms with Crippen LogP contribution >= 0.6 is 0 Å². The van der Waals surface area contributed by atoms with Gasteiger partial charge in [0.15, 0.2) is 0 Å². The number of rotatable bonds is 3. The van der Waals surface area contributed by atoms with E-state index in [-0.39, 0.29) is 6.10 Å². The van der Waals surface area contributed by atoms with E-state index < -0.39 is 6.10 Å². The summed E-state index contributed by atoms with van der Waals surface area (Å²) in [6.07, 6.45) is 6.25. The number of hydrogen-bond acceptors (Lipinski definition) is 3. The van der Waals surface area contributed by atoms with Gasteiger partial charge in [0.25, 0.3) is 0 Å². The van der Waals surface area contributed by atoms with Crippen LogP contribution in [-0.2, 0) is 18.2 Å². The third-order valence-corrected chi connectivity index (χ3v) is 2.90. The molecule has 0 amide bonds. The summed E-state index contributed by atoms with van der Waals surface area (Å²) in [5.41, 5.74) is 1.06. The molecule has 4 nitrogen and oxygen atoms in total. The van der Waals surface area contributed by atoms with Gasteiger partial charge in [0.2, 0.25) is 0 Å². The highest BCUT2D eigenvalue weighted by Gasteiger charge is 2.28. The number of ether oxygens (including phenoxy) is 1. The fourth-order valence-corrected chi connectivity index (χ4v) is 2.07. The van der Waals surface area contributed by atoms with Crippen molar-refractivity contribution in [2.75, 3.05) is 0 Å². The molecule has 0 bridgehead atoms. The van der Waals surface area contributed by atoms with Gasteiger partial charge >= 0.3 is 0 Å². The van der Waals surface area contributed by atoms with Gasteiger partial charge in [-0.3, -0.25) is 4.68 Å². The Hall–Kier alpha value is -0.870. The van der Waals surface area contributed by atoms with Crippen LogP contribution in [0.3, 0.4) is 0 Å². The van der Waals surface area contributed by atoms with Crippen molar-refractivity contribution < 1.29 is 9.84 Å². The smallest absolute Gasteiger partial charge is 0.0843 e. The average Bonchev–Trinajstić information content (AvgIpc) is 2.75. The van der Waals surface area contributed by atoms with E-state index in [4.69, 9.17) is 4.74 Å². The molecule has 2 rings (SSSR count). The number of nitrogens with zero attached hydrogens (tertiary/aromatic N) is 2. The van der Waals surface area contributed by atoms with E-state index in [1.54, 1.807) is 10.9 Å². The van der Waals surface area contributed by atoms with Crippen molar-refractivity contribution in [1.29, 1.82) is 0 Å². The maximum atomic E-state index is 9.97. The zero-order valence-electron chi connectivity index (χ0n) is 9.26. The Bertz CT molecular complexity index is 324. The lowest BCUT2D eigenvalue weighted by Crippen LogP contribution is -2.27. The predicted octanol–water partition coefficient (Wildman–Crippen LogP) is 0.891. The second-order valence-corrected chi connectivity index (χ2v) is 4.36. The largest absolute Gasteiger partial charge is 0.390 e. The first-order chi connectivity index (χ1) is 7.15. The molecule has 1 saturated heterocycles. The van der Waals surface area contributed by atoms with Crippen LogP contribution in [0.4, 0.5) is 0 Å². The van der Waals surface area contributed by atoms with Crippen molar-refractivity contribution in [1.82, 2.24) is 9.78 Å². The van der Waals surface area contributed by atoms with E-state index in [1.807, 2.05) is 13.2 Å². The highest BCUT2D eigenvalue weighted by molar-refractivity contribution is 5.06. The summed E-state index contributed by atoms with van der Waals surface area (Å²) < 4.78 is 7.38. The molecule has 0 aromatic carbocycles. The molecule has 1 aliphatic rings. The van der Waals surface area contributed by atoms with Gasteiger partial charge < -0.3 is 9.84 Å². The number of aliphatic hydroxyl groups excluding tert-OH is 1. The molecule has 1 fully saturated rings. The second-order valence-electron chi connectivity index (χ2n) is 4.36. The third kappa shape index (κ3) is 2.58. The Balaban J connectivity index is 1.89. The molecule has 15 heavy (non-hydrogen) atoms. The second kappa shape index (κ2) is 4.33. The highest BCUT2D eigenvalue weighted by atomic mass is 16.5. The van der Waals surface area contributed by atoms with E-state index in [9.17, 15) is 5.11 Å². The quantitative estimate of drug-likeness (QED) is 0.806. The van der Waals surface area contributed by atoms with Crippen LogP contribution in [0.1, 0.15) is 25.3 Å². The molecule has 84 valence electrons. The van der Waals surface area contributed by atoms with Crippen LogP contribution in [0.25, 0.3) is 0 Å². The molecule has 0 spiro atoms. The third-order valence-electron chi connectivity index (χ3n) is 2.90. The van der Waals surface area contributed by atoms with Crippen molar-refractivity contribution in [2.45, 2.75) is 44.5 Å². The van der Waals surface area contributed by atoms with Crippen LogP contribution < -0.4 is 0 Å². The monoisotopic (exact) mass is 210 g/mol. The molecule has 0 saturated carbocycles. The van der Waals surface area contributed by atoms with Crippen LogP contribution in [-0.4, -0.2) is 33.2 Å². The van der Waals surface area contributed by atoms with E-state index in [2.05, 4.69) is 12.0 Å². The summed E-state index contributed by atoms with van der Waals surface area (Å²) in [5, 5.41) is 14.0. The number of aromatic nitrogens is 2. The first-order valence-corrected chi connectivity index (χ1v) is 5.46. The minimum absolute atomic E-state index is 0.000191. The zero-order chi connectivity index (χ0) is 10.8. The van der Waals surface area contributed by atoms with E-state index in [0.29, 0.717) is 12.5 Å². The van der Waals surface area contributed by atoms with Gasteiger partial charge in [-0.1, -0.05) is 0 Å². The van der Waals surface area contributed by atoms with E-state index in [1.165, 1.54) is 0 Å². The van der Waals surface area contributed by atoms with Crippen LogP contribution in [0.15, 0.2) is 12.4 Å². The van der Waals surface area contributed by atoms with Gasteiger partial charge in [0, 0.05) is 19.7 Å². The summed E-state index contributed by atoms with van der Waals surface area (Å²) in [6.45, 7) is 2.05. The van der Waals surface area contributed by atoms with Crippen molar-refractivity contribution in [3.63, 3.8) is 0 Å². The Kier molecular flexibility index (Phi) is 3.07.